The molecule has 0 amide bonds. The molecule has 0 saturated carbocycles. The molecule has 1 aromatic heterocycles. The number of hydrogen-bond acceptors (Lipinski definition) is 1. The molecule has 19 heavy (non-hydrogen) atoms. The molecule has 4 heteroatoms. The first-order valence-corrected chi connectivity index (χ1v) is 6.85. The molecule has 0 bridgehead atoms. The summed E-state index contributed by atoms with van der Waals surface area (Å²) in [4.78, 5) is 4.60. The molecule has 3 rings (SSSR count). The van der Waals surface area contributed by atoms with Crippen molar-refractivity contribution in [3.05, 3.63) is 59.4 Å². The Morgan fingerprint density at radius 1 is 1.11 bits per heavy atom. The zero-order valence-electron chi connectivity index (χ0n) is 10.3. The van der Waals surface area contributed by atoms with E-state index in [1.807, 2.05) is 55.5 Å². The molecule has 0 aliphatic heterocycles. The van der Waals surface area contributed by atoms with E-state index in [4.69, 9.17) is 23.2 Å². The molecule has 0 saturated heterocycles. The lowest BCUT2D eigenvalue weighted by molar-refractivity contribution is 0.882. The van der Waals surface area contributed by atoms with Gasteiger partial charge < -0.3 is 0 Å². The summed E-state index contributed by atoms with van der Waals surface area (Å²) in [5.74, 6) is 0.824. The first-order chi connectivity index (χ1) is 9.16. The lowest BCUT2D eigenvalue weighted by Gasteiger charge is -2.10. The van der Waals surface area contributed by atoms with Crippen LogP contribution in [-0.2, 0) is 0 Å². The van der Waals surface area contributed by atoms with Crippen molar-refractivity contribution < 1.29 is 0 Å². The molecule has 96 valence electrons. The Morgan fingerprint density at radius 3 is 2.53 bits per heavy atom. The molecule has 2 aromatic carbocycles. The maximum absolute atomic E-state index is 6.25. The second-order valence-electron chi connectivity index (χ2n) is 4.39. The summed E-state index contributed by atoms with van der Waals surface area (Å²) in [5, 5.41) is 0.518. The highest BCUT2D eigenvalue weighted by atomic mass is 35.5. The van der Waals surface area contributed by atoms with Crippen LogP contribution in [0.1, 0.15) is 18.1 Å². The van der Waals surface area contributed by atoms with Gasteiger partial charge in [-0.25, -0.2) is 4.98 Å². The highest BCUT2D eigenvalue weighted by Crippen LogP contribution is 2.29. The maximum atomic E-state index is 6.25. The van der Waals surface area contributed by atoms with Gasteiger partial charge in [0, 0.05) is 10.7 Å². The standard InChI is InChI=1S/C15H12Cl2N2/c1-10(16)15-18-13-8-7-11(17)9-14(13)19(15)12-5-3-2-4-6-12/h2-10H,1H3. The van der Waals surface area contributed by atoms with Crippen LogP contribution >= 0.6 is 23.2 Å². The molecule has 0 radical (unpaired) electrons. The van der Waals surface area contributed by atoms with Gasteiger partial charge in [-0.05, 0) is 37.3 Å². The van der Waals surface area contributed by atoms with E-state index in [-0.39, 0.29) is 5.38 Å². The van der Waals surface area contributed by atoms with Crippen molar-refractivity contribution in [2.45, 2.75) is 12.3 Å². The molecule has 0 aliphatic rings. The van der Waals surface area contributed by atoms with E-state index < -0.39 is 0 Å². The molecule has 0 spiro atoms. The highest BCUT2D eigenvalue weighted by Gasteiger charge is 2.16. The Bertz CT molecular complexity index is 718. The van der Waals surface area contributed by atoms with Crippen LogP contribution < -0.4 is 0 Å². The van der Waals surface area contributed by atoms with E-state index in [2.05, 4.69) is 9.55 Å². The van der Waals surface area contributed by atoms with E-state index in [0.29, 0.717) is 5.02 Å². The van der Waals surface area contributed by atoms with Gasteiger partial charge in [0.1, 0.15) is 5.82 Å². The van der Waals surface area contributed by atoms with Crippen molar-refractivity contribution in [1.82, 2.24) is 9.55 Å². The Morgan fingerprint density at radius 2 is 1.84 bits per heavy atom. The minimum atomic E-state index is -0.175. The van der Waals surface area contributed by atoms with Gasteiger partial charge >= 0.3 is 0 Å². The zero-order valence-corrected chi connectivity index (χ0v) is 11.9. The van der Waals surface area contributed by atoms with Crippen molar-refractivity contribution in [2.24, 2.45) is 0 Å². The van der Waals surface area contributed by atoms with Crippen LogP contribution in [-0.4, -0.2) is 9.55 Å². The normalized spacial score (nSPS) is 12.8. The maximum Gasteiger partial charge on any atom is 0.132 e. The van der Waals surface area contributed by atoms with Crippen LogP contribution in [0.15, 0.2) is 48.5 Å². The number of hydrogen-bond donors (Lipinski definition) is 0. The molecule has 3 aromatic rings. The first-order valence-electron chi connectivity index (χ1n) is 6.04. The second kappa shape index (κ2) is 4.87. The summed E-state index contributed by atoms with van der Waals surface area (Å²) < 4.78 is 2.05. The minimum Gasteiger partial charge on any atom is -0.295 e. The van der Waals surface area contributed by atoms with Crippen molar-refractivity contribution in [3.8, 4) is 5.69 Å². The summed E-state index contributed by atoms with van der Waals surface area (Å²) in [7, 11) is 0. The molecular weight excluding hydrogens is 279 g/mol. The molecule has 1 unspecified atom stereocenters. The van der Waals surface area contributed by atoms with Gasteiger partial charge in [0.15, 0.2) is 0 Å². The fourth-order valence-corrected chi connectivity index (χ4v) is 2.50. The van der Waals surface area contributed by atoms with Crippen molar-refractivity contribution in [2.75, 3.05) is 0 Å². The van der Waals surface area contributed by atoms with Crippen LogP contribution in [0.4, 0.5) is 0 Å². The number of imidazole rings is 1. The average molecular weight is 291 g/mol. The minimum absolute atomic E-state index is 0.175. The van der Waals surface area contributed by atoms with Crippen molar-refractivity contribution in [1.29, 1.82) is 0 Å². The molecule has 0 N–H and O–H groups in total. The molecular formula is C15H12Cl2N2. The lowest BCUT2D eigenvalue weighted by Crippen LogP contribution is -2.01. The summed E-state index contributed by atoms with van der Waals surface area (Å²) >= 11 is 12.3. The van der Waals surface area contributed by atoms with E-state index in [1.165, 1.54) is 0 Å². The Labute approximate surface area is 121 Å². The number of benzene rings is 2. The molecule has 0 aliphatic carbocycles. The highest BCUT2D eigenvalue weighted by molar-refractivity contribution is 6.31. The van der Waals surface area contributed by atoms with Crippen molar-refractivity contribution in [3.63, 3.8) is 0 Å². The van der Waals surface area contributed by atoms with E-state index >= 15 is 0 Å². The number of para-hydroxylation sites is 1. The van der Waals surface area contributed by atoms with Gasteiger partial charge in [0.2, 0.25) is 0 Å². The quantitative estimate of drug-likeness (QED) is 0.609. The third-order valence-electron chi connectivity index (χ3n) is 3.01. The van der Waals surface area contributed by atoms with Gasteiger partial charge in [0.25, 0.3) is 0 Å². The first kappa shape index (κ1) is 12.5. The largest absolute Gasteiger partial charge is 0.295 e. The van der Waals surface area contributed by atoms with Crippen LogP contribution in [0, 0.1) is 0 Å². The number of alkyl halides is 1. The summed E-state index contributed by atoms with van der Waals surface area (Å²) in [5.41, 5.74) is 2.91. The topological polar surface area (TPSA) is 17.8 Å². The molecule has 2 nitrogen and oxygen atoms in total. The third-order valence-corrected chi connectivity index (χ3v) is 3.44. The summed E-state index contributed by atoms with van der Waals surface area (Å²) in [6.07, 6.45) is 0. The number of aromatic nitrogens is 2. The van der Waals surface area contributed by atoms with Crippen LogP contribution in [0.3, 0.4) is 0 Å². The summed E-state index contributed by atoms with van der Waals surface area (Å²) in [6, 6.07) is 15.7. The van der Waals surface area contributed by atoms with Crippen LogP contribution in [0.25, 0.3) is 16.7 Å². The monoisotopic (exact) mass is 290 g/mol. The van der Waals surface area contributed by atoms with Gasteiger partial charge in [0.05, 0.1) is 16.4 Å². The predicted molar refractivity (Wildman–Crippen MR) is 80.3 cm³/mol. The Hall–Kier alpha value is -1.51. The SMILES string of the molecule is CC(Cl)c1nc2ccc(Cl)cc2n1-c1ccccc1. The average Bonchev–Trinajstić information content (AvgIpc) is 2.78. The molecule has 1 heterocycles. The van der Waals surface area contributed by atoms with E-state index in [1.54, 1.807) is 0 Å². The molecule has 1 atom stereocenters. The zero-order chi connectivity index (χ0) is 13.4. The number of fused-ring (bicyclic) bond motifs is 1. The van der Waals surface area contributed by atoms with Gasteiger partial charge in [-0.1, -0.05) is 29.8 Å². The Balaban J connectivity index is 2.36. The second-order valence-corrected chi connectivity index (χ2v) is 5.48. The van der Waals surface area contributed by atoms with Crippen LogP contribution in [0.2, 0.25) is 5.02 Å². The fraction of sp³-hybridized carbons (Fsp3) is 0.133. The van der Waals surface area contributed by atoms with Gasteiger partial charge in [-0.15, -0.1) is 11.6 Å². The number of halogens is 2. The van der Waals surface area contributed by atoms with Crippen LogP contribution in [0.5, 0.6) is 0 Å². The number of nitrogens with zero attached hydrogens (tertiary/aromatic N) is 2. The van der Waals surface area contributed by atoms with E-state index in [0.717, 1.165) is 22.5 Å². The van der Waals surface area contributed by atoms with E-state index in [9.17, 15) is 0 Å². The Kier molecular flexibility index (Phi) is 3.21. The lowest BCUT2D eigenvalue weighted by atomic mass is 10.2. The summed E-state index contributed by atoms with van der Waals surface area (Å²) in [6.45, 7) is 1.92. The van der Waals surface area contributed by atoms with Crippen molar-refractivity contribution >= 4 is 34.2 Å². The fourth-order valence-electron chi connectivity index (χ4n) is 2.18. The third kappa shape index (κ3) is 2.22. The number of rotatable bonds is 2. The van der Waals surface area contributed by atoms with Gasteiger partial charge in [-0.3, -0.25) is 4.57 Å². The van der Waals surface area contributed by atoms with Gasteiger partial charge in [-0.2, -0.15) is 0 Å². The molecule has 0 fully saturated rings. The predicted octanol–water partition coefficient (Wildman–Crippen LogP) is 4.98. The smallest absolute Gasteiger partial charge is 0.132 e.